The number of hydrogen-bond donors (Lipinski definition) is 0. The fraction of sp³-hybridized carbons (Fsp3) is 0.412. The minimum Gasteiger partial charge on any atom is -0.497 e. The van der Waals surface area contributed by atoms with Crippen LogP contribution in [0.1, 0.15) is 25.5 Å². The van der Waals surface area contributed by atoms with E-state index in [2.05, 4.69) is 22.9 Å². The van der Waals surface area contributed by atoms with Crippen LogP contribution < -0.4 is 9.64 Å². The minimum atomic E-state index is 0.354. The Balaban J connectivity index is 1.96. The molecule has 1 aliphatic heterocycles. The van der Waals surface area contributed by atoms with Crippen molar-refractivity contribution in [1.29, 1.82) is 5.26 Å². The molecule has 5 heteroatoms. The van der Waals surface area contributed by atoms with Crippen molar-refractivity contribution in [2.45, 2.75) is 19.8 Å². The van der Waals surface area contributed by atoms with Crippen LogP contribution in [0, 0.1) is 17.2 Å². The first-order valence-corrected chi connectivity index (χ1v) is 7.51. The Morgan fingerprint density at radius 3 is 3.05 bits per heavy atom. The molecular formula is C17H19N3O2. The van der Waals surface area contributed by atoms with Crippen molar-refractivity contribution in [3.05, 3.63) is 30.0 Å². The average molecular weight is 297 g/mol. The van der Waals surface area contributed by atoms with E-state index in [9.17, 15) is 5.26 Å². The van der Waals surface area contributed by atoms with Gasteiger partial charge in [0.2, 0.25) is 17.5 Å². The molecule has 0 amide bonds. The summed E-state index contributed by atoms with van der Waals surface area (Å²) in [6, 6.07) is 9.65. The average Bonchev–Trinajstić information content (AvgIpc) is 2.99. The van der Waals surface area contributed by atoms with E-state index in [0.29, 0.717) is 23.4 Å². The Morgan fingerprint density at radius 2 is 2.32 bits per heavy atom. The monoisotopic (exact) mass is 297 g/mol. The summed E-state index contributed by atoms with van der Waals surface area (Å²) in [7, 11) is 1.62. The molecule has 0 radical (unpaired) electrons. The summed E-state index contributed by atoms with van der Waals surface area (Å²) in [5, 5.41) is 9.35. The number of methoxy groups -OCH3 is 1. The Hall–Kier alpha value is -2.48. The normalized spacial score (nSPS) is 18.0. The molecule has 5 nitrogen and oxygen atoms in total. The third kappa shape index (κ3) is 2.77. The molecule has 0 spiro atoms. The van der Waals surface area contributed by atoms with Gasteiger partial charge < -0.3 is 14.1 Å². The number of ether oxygens (including phenoxy) is 1. The van der Waals surface area contributed by atoms with Gasteiger partial charge in [0, 0.05) is 18.7 Å². The van der Waals surface area contributed by atoms with Crippen molar-refractivity contribution in [3.8, 4) is 23.3 Å². The van der Waals surface area contributed by atoms with Crippen molar-refractivity contribution < 1.29 is 9.15 Å². The van der Waals surface area contributed by atoms with Crippen molar-refractivity contribution in [1.82, 2.24) is 4.98 Å². The second-order valence-corrected chi connectivity index (χ2v) is 5.71. The number of nitriles is 1. The molecule has 1 saturated heterocycles. The molecule has 2 aromatic rings. The van der Waals surface area contributed by atoms with Crippen LogP contribution in [0.5, 0.6) is 5.75 Å². The zero-order valence-electron chi connectivity index (χ0n) is 12.9. The van der Waals surface area contributed by atoms with Gasteiger partial charge in [0.05, 0.1) is 7.11 Å². The number of piperidine rings is 1. The lowest BCUT2D eigenvalue weighted by molar-refractivity contribution is 0.414. The fourth-order valence-corrected chi connectivity index (χ4v) is 2.85. The van der Waals surface area contributed by atoms with Gasteiger partial charge in [0.1, 0.15) is 11.8 Å². The number of rotatable bonds is 3. The Morgan fingerprint density at radius 1 is 1.45 bits per heavy atom. The van der Waals surface area contributed by atoms with Gasteiger partial charge in [-0.3, -0.25) is 0 Å². The first-order valence-electron chi connectivity index (χ1n) is 7.51. The van der Waals surface area contributed by atoms with E-state index < -0.39 is 0 Å². The van der Waals surface area contributed by atoms with Gasteiger partial charge in [-0.15, -0.1) is 0 Å². The van der Waals surface area contributed by atoms with Gasteiger partial charge in [-0.25, -0.2) is 0 Å². The van der Waals surface area contributed by atoms with Crippen LogP contribution in [0.3, 0.4) is 0 Å². The van der Waals surface area contributed by atoms with E-state index in [1.807, 2.05) is 24.3 Å². The zero-order chi connectivity index (χ0) is 15.5. The molecule has 0 N–H and O–H groups in total. The van der Waals surface area contributed by atoms with Gasteiger partial charge >= 0.3 is 0 Å². The van der Waals surface area contributed by atoms with Gasteiger partial charge in [-0.1, -0.05) is 13.0 Å². The molecule has 1 aliphatic rings. The van der Waals surface area contributed by atoms with E-state index in [-0.39, 0.29) is 0 Å². The maximum atomic E-state index is 9.35. The van der Waals surface area contributed by atoms with Crippen LogP contribution in [0.25, 0.3) is 11.5 Å². The van der Waals surface area contributed by atoms with Crippen LogP contribution >= 0.6 is 0 Å². The van der Waals surface area contributed by atoms with Crippen LogP contribution in [0.4, 0.5) is 5.88 Å². The van der Waals surface area contributed by atoms with Crippen molar-refractivity contribution >= 4 is 5.88 Å². The summed E-state index contributed by atoms with van der Waals surface area (Å²) in [5.41, 5.74) is 1.17. The quantitative estimate of drug-likeness (QED) is 0.868. The van der Waals surface area contributed by atoms with Gasteiger partial charge in [0.15, 0.2) is 0 Å². The molecule has 1 aromatic heterocycles. The van der Waals surface area contributed by atoms with E-state index in [1.54, 1.807) is 7.11 Å². The molecule has 0 saturated carbocycles. The SMILES string of the molecule is COc1cccc(-c2nc(C#N)c(N3CCC[C@H](C)C3)o2)c1. The highest BCUT2D eigenvalue weighted by Gasteiger charge is 2.24. The second kappa shape index (κ2) is 6.10. The number of anilines is 1. The van der Waals surface area contributed by atoms with Gasteiger partial charge in [-0.05, 0) is 37.0 Å². The van der Waals surface area contributed by atoms with Crippen LogP contribution in [0.15, 0.2) is 28.7 Å². The highest BCUT2D eigenvalue weighted by molar-refractivity contribution is 5.61. The lowest BCUT2D eigenvalue weighted by Crippen LogP contribution is -2.34. The zero-order valence-corrected chi connectivity index (χ0v) is 12.9. The number of oxazole rings is 1. The maximum absolute atomic E-state index is 9.35. The van der Waals surface area contributed by atoms with Crippen molar-refractivity contribution in [3.63, 3.8) is 0 Å². The third-order valence-corrected chi connectivity index (χ3v) is 3.98. The molecule has 3 rings (SSSR count). The largest absolute Gasteiger partial charge is 0.497 e. The molecule has 2 heterocycles. The number of hydrogen-bond acceptors (Lipinski definition) is 5. The first kappa shape index (κ1) is 14.5. The standard InChI is InChI=1S/C17H19N3O2/c1-12-5-4-8-20(11-12)17-15(10-18)19-16(22-17)13-6-3-7-14(9-13)21-2/h3,6-7,9,12H,4-5,8,11H2,1-2H3/t12-/m0/s1. The molecule has 0 bridgehead atoms. The third-order valence-electron chi connectivity index (χ3n) is 3.98. The summed E-state index contributed by atoms with van der Waals surface area (Å²) in [6.07, 6.45) is 2.33. The summed E-state index contributed by atoms with van der Waals surface area (Å²) in [4.78, 5) is 6.48. The van der Waals surface area contributed by atoms with Crippen LogP contribution in [-0.4, -0.2) is 25.2 Å². The lowest BCUT2D eigenvalue weighted by atomic mass is 10.0. The van der Waals surface area contributed by atoms with E-state index in [4.69, 9.17) is 9.15 Å². The first-order chi connectivity index (χ1) is 10.7. The molecular weight excluding hydrogens is 278 g/mol. The van der Waals surface area contributed by atoms with E-state index in [0.717, 1.165) is 30.8 Å². The highest BCUT2D eigenvalue weighted by Crippen LogP contribution is 2.32. The molecule has 1 aromatic carbocycles. The Kier molecular flexibility index (Phi) is 4.01. The highest BCUT2D eigenvalue weighted by atomic mass is 16.5. The Labute approximate surface area is 130 Å². The number of nitrogens with zero attached hydrogens (tertiary/aromatic N) is 3. The molecule has 1 fully saturated rings. The summed E-state index contributed by atoms with van der Waals surface area (Å²) >= 11 is 0. The van der Waals surface area contributed by atoms with E-state index in [1.165, 1.54) is 6.42 Å². The van der Waals surface area contributed by atoms with Crippen LogP contribution in [-0.2, 0) is 0 Å². The van der Waals surface area contributed by atoms with Crippen molar-refractivity contribution in [2.75, 3.05) is 25.1 Å². The molecule has 22 heavy (non-hydrogen) atoms. The number of benzene rings is 1. The summed E-state index contributed by atoms with van der Waals surface area (Å²) in [6.45, 7) is 4.03. The van der Waals surface area contributed by atoms with Crippen LogP contribution in [0.2, 0.25) is 0 Å². The molecule has 0 unspecified atom stereocenters. The molecule has 114 valence electrons. The molecule has 0 aliphatic carbocycles. The summed E-state index contributed by atoms with van der Waals surface area (Å²) in [5.74, 6) is 2.39. The lowest BCUT2D eigenvalue weighted by Gasteiger charge is -2.30. The maximum Gasteiger partial charge on any atom is 0.235 e. The van der Waals surface area contributed by atoms with E-state index >= 15 is 0 Å². The predicted molar refractivity (Wildman–Crippen MR) is 83.8 cm³/mol. The van der Waals surface area contributed by atoms with Gasteiger partial charge in [-0.2, -0.15) is 10.2 Å². The van der Waals surface area contributed by atoms with Crippen molar-refractivity contribution in [2.24, 2.45) is 5.92 Å². The fourth-order valence-electron chi connectivity index (χ4n) is 2.85. The topological polar surface area (TPSA) is 62.3 Å². The summed E-state index contributed by atoms with van der Waals surface area (Å²) < 4.78 is 11.1. The Bertz CT molecular complexity index is 702. The predicted octanol–water partition coefficient (Wildman–Crippen LogP) is 3.46. The van der Waals surface area contributed by atoms with Gasteiger partial charge in [0.25, 0.3) is 0 Å². The number of aromatic nitrogens is 1. The molecule has 1 atom stereocenters. The smallest absolute Gasteiger partial charge is 0.235 e. The second-order valence-electron chi connectivity index (χ2n) is 5.71. The minimum absolute atomic E-state index is 0.354.